The van der Waals surface area contributed by atoms with Crippen molar-refractivity contribution < 1.29 is 0 Å². The second-order valence-corrected chi connectivity index (χ2v) is 27.6. The molecule has 0 saturated carbocycles. The molecule has 9 aromatic carbocycles. The minimum atomic E-state index is -3.13. The Labute approximate surface area is 438 Å². The van der Waals surface area contributed by atoms with Gasteiger partial charge in [0.05, 0.1) is 22.4 Å². The molecule has 2 atom stereocenters. The fraction of sp³-hybridized carbons (Fsp3) is 0.0294. The zero-order valence-electron chi connectivity index (χ0n) is 41.0. The van der Waals surface area contributed by atoms with E-state index < -0.39 is 16.1 Å². The largest absolute Gasteiger partial charge is 0.309 e. The molecule has 0 spiro atoms. The monoisotopic (exact) mass is 991 g/mol. The third-order valence-corrected chi connectivity index (χ3v) is 26.0. The summed E-state index contributed by atoms with van der Waals surface area (Å²) in [7, 11) is -6.23. The standard InChI is InChI=1S/C68H49N5Si2/c1-6-22-48(23-7-1)72-62-37-19-17-35-58(62)59-46-66-64(47-63(59)72)73(68-65(38-21-41-69-68)75(66,52-29-12-4-13-30-52)53-31-14-5-15-32-53)49-24-20-33-54(44-49)74(50-25-8-2-9-26-50,51-27-10-3-11-28-51)55-39-40-56-57-34-16-18-36-61(57)71-43-42-70-67(71)60(56)45-55/h1-47,56,60H. The fourth-order valence-electron chi connectivity index (χ4n) is 13.4. The van der Waals surface area contributed by atoms with Crippen LogP contribution >= 0.6 is 0 Å². The van der Waals surface area contributed by atoms with Crippen LogP contribution in [0.15, 0.2) is 291 Å². The lowest BCUT2D eigenvalue weighted by molar-refractivity contribution is 0.633. The van der Waals surface area contributed by atoms with Crippen LogP contribution in [-0.2, 0) is 0 Å². The summed E-state index contributed by atoms with van der Waals surface area (Å²) < 4.78 is 4.76. The van der Waals surface area contributed by atoms with Crippen molar-refractivity contribution in [2.24, 2.45) is 0 Å². The van der Waals surface area contributed by atoms with E-state index in [1.807, 2.05) is 12.4 Å². The smallest absolute Gasteiger partial charge is 0.186 e. The van der Waals surface area contributed by atoms with Crippen molar-refractivity contribution in [3.8, 4) is 11.4 Å². The van der Waals surface area contributed by atoms with Crippen molar-refractivity contribution in [2.75, 3.05) is 4.90 Å². The van der Waals surface area contributed by atoms with Gasteiger partial charge in [-0.3, -0.25) is 4.90 Å². The number of fused-ring (bicyclic) bond motifs is 11. The number of pyridine rings is 1. The van der Waals surface area contributed by atoms with E-state index in [0.29, 0.717) is 0 Å². The van der Waals surface area contributed by atoms with Gasteiger partial charge in [-0.05, 0) is 102 Å². The maximum absolute atomic E-state index is 5.54. The Morgan fingerprint density at radius 1 is 0.440 bits per heavy atom. The van der Waals surface area contributed by atoms with Crippen LogP contribution in [0.25, 0.3) is 33.2 Å². The van der Waals surface area contributed by atoms with Gasteiger partial charge in [-0.25, -0.2) is 9.97 Å². The van der Waals surface area contributed by atoms with Gasteiger partial charge in [-0.15, -0.1) is 0 Å². The SMILES string of the molecule is C1=CC2c3ccccc3-n3ccnc3C2C=C1[Si](c1ccccc1)(c1ccccc1)c1cccc(N2c3cc4c(cc3[Si](c3ccccc3)(c3ccccc3)c3cccnc32)c2ccccc2n4-c2ccccc2)c1. The summed E-state index contributed by atoms with van der Waals surface area (Å²) in [5, 5.41) is 13.0. The predicted octanol–water partition coefficient (Wildman–Crippen LogP) is 10.9. The Morgan fingerprint density at radius 3 is 1.80 bits per heavy atom. The van der Waals surface area contributed by atoms with Crippen molar-refractivity contribution in [1.29, 1.82) is 0 Å². The zero-order valence-corrected chi connectivity index (χ0v) is 43.0. The number of anilines is 3. The molecule has 0 saturated heterocycles. The molecule has 3 aromatic heterocycles. The van der Waals surface area contributed by atoms with E-state index >= 15 is 0 Å². The van der Waals surface area contributed by atoms with E-state index in [4.69, 9.17) is 9.97 Å². The first-order valence-corrected chi connectivity index (χ1v) is 30.0. The van der Waals surface area contributed by atoms with E-state index in [0.717, 1.165) is 34.2 Å². The molecule has 0 bridgehead atoms. The Balaban J connectivity index is 1.03. The van der Waals surface area contributed by atoms with Crippen molar-refractivity contribution >= 4 is 91.5 Å². The molecule has 354 valence electrons. The fourth-order valence-corrected chi connectivity index (χ4v) is 23.3. The minimum Gasteiger partial charge on any atom is -0.309 e. The third kappa shape index (κ3) is 6.35. The Hall–Kier alpha value is -9.15. The number of imidazole rings is 1. The van der Waals surface area contributed by atoms with Crippen molar-refractivity contribution in [1.82, 2.24) is 19.1 Å². The molecule has 7 heteroatoms. The second kappa shape index (κ2) is 17.2. The predicted molar refractivity (Wildman–Crippen MR) is 314 cm³/mol. The maximum Gasteiger partial charge on any atom is 0.186 e. The molecule has 5 heterocycles. The van der Waals surface area contributed by atoms with E-state index in [1.54, 1.807) is 0 Å². The summed E-state index contributed by atoms with van der Waals surface area (Å²) in [5.41, 5.74) is 8.21. The summed E-state index contributed by atoms with van der Waals surface area (Å²) in [5.74, 6) is 2.26. The first kappa shape index (κ1) is 43.4. The van der Waals surface area contributed by atoms with E-state index in [9.17, 15) is 0 Å². The number of benzene rings is 9. The third-order valence-electron chi connectivity index (χ3n) is 16.4. The lowest BCUT2D eigenvalue weighted by Gasteiger charge is -2.44. The molecule has 75 heavy (non-hydrogen) atoms. The van der Waals surface area contributed by atoms with Gasteiger partial charge < -0.3 is 9.13 Å². The normalized spacial score (nSPS) is 16.1. The molecule has 0 N–H and O–H groups in total. The average molecular weight is 992 g/mol. The van der Waals surface area contributed by atoms with Gasteiger partial charge in [-0.1, -0.05) is 212 Å². The Kier molecular flexibility index (Phi) is 9.98. The van der Waals surface area contributed by atoms with Crippen LogP contribution in [0.5, 0.6) is 0 Å². The van der Waals surface area contributed by atoms with Crippen LogP contribution in [-0.4, -0.2) is 35.2 Å². The van der Waals surface area contributed by atoms with Gasteiger partial charge >= 0.3 is 0 Å². The highest BCUT2D eigenvalue weighted by Gasteiger charge is 2.51. The molecule has 15 rings (SSSR count). The van der Waals surface area contributed by atoms with E-state index in [1.165, 1.54) is 69.0 Å². The zero-order chi connectivity index (χ0) is 49.5. The Morgan fingerprint density at radius 2 is 1.07 bits per heavy atom. The number of hydrogen-bond donors (Lipinski definition) is 0. The van der Waals surface area contributed by atoms with Crippen molar-refractivity contribution in [2.45, 2.75) is 11.8 Å². The van der Waals surface area contributed by atoms with Crippen LogP contribution in [0.4, 0.5) is 17.2 Å². The first-order chi connectivity index (χ1) is 37.2. The van der Waals surface area contributed by atoms with E-state index in [2.05, 4.69) is 287 Å². The highest BCUT2D eigenvalue weighted by atomic mass is 28.3. The number of allylic oxidation sites excluding steroid dienone is 4. The van der Waals surface area contributed by atoms with Crippen LogP contribution in [0, 0.1) is 0 Å². The maximum atomic E-state index is 5.54. The second-order valence-electron chi connectivity index (χ2n) is 20.0. The average Bonchev–Trinajstić information content (AvgIpc) is 4.12. The van der Waals surface area contributed by atoms with Gasteiger partial charge in [-0.2, -0.15) is 0 Å². The molecule has 0 radical (unpaired) electrons. The van der Waals surface area contributed by atoms with Crippen molar-refractivity contribution in [3.63, 3.8) is 0 Å². The number of hydrogen-bond acceptors (Lipinski definition) is 3. The number of para-hydroxylation sites is 3. The highest BCUT2D eigenvalue weighted by molar-refractivity contribution is 7.21. The van der Waals surface area contributed by atoms with Crippen LogP contribution < -0.4 is 41.2 Å². The molecule has 0 fully saturated rings. The molecule has 2 aliphatic heterocycles. The van der Waals surface area contributed by atoms with Crippen LogP contribution in [0.1, 0.15) is 23.2 Å². The quantitative estimate of drug-likeness (QED) is 0.112. The molecule has 2 unspecified atom stereocenters. The summed E-state index contributed by atoms with van der Waals surface area (Å²) in [6.45, 7) is 0. The lowest BCUT2D eigenvalue weighted by atomic mass is 9.79. The Bertz CT molecular complexity index is 4130. The van der Waals surface area contributed by atoms with Gasteiger partial charge in [0.25, 0.3) is 0 Å². The summed E-state index contributed by atoms with van der Waals surface area (Å²) in [6, 6.07) is 93.0. The van der Waals surface area contributed by atoms with Gasteiger partial charge in [0.15, 0.2) is 16.1 Å². The number of aromatic nitrogens is 4. The first-order valence-electron chi connectivity index (χ1n) is 26.0. The molecular weight excluding hydrogens is 943 g/mol. The van der Waals surface area contributed by atoms with Crippen LogP contribution in [0.2, 0.25) is 0 Å². The van der Waals surface area contributed by atoms with Gasteiger partial charge in [0.2, 0.25) is 0 Å². The van der Waals surface area contributed by atoms with Gasteiger partial charge in [0.1, 0.15) is 11.6 Å². The summed E-state index contributed by atoms with van der Waals surface area (Å²) in [4.78, 5) is 13.1. The molecule has 1 aliphatic carbocycles. The van der Waals surface area contributed by atoms with E-state index in [-0.39, 0.29) is 11.8 Å². The molecule has 3 aliphatic rings. The number of nitrogens with zero attached hydrogens (tertiary/aromatic N) is 5. The summed E-state index contributed by atoms with van der Waals surface area (Å²) >= 11 is 0. The molecule has 5 nitrogen and oxygen atoms in total. The topological polar surface area (TPSA) is 38.9 Å². The van der Waals surface area contributed by atoms with Gasteiger partial charge in [0, 0.05) is 52.6 Å². The molecule has 12 aromatic rings. The highest BCUT2D eigenvalue weighted by Crippen LogP contribution is 2.47. The number of rotatable bonds is 8. The minimum absolute atomic E-state index is 0.0512. The molecule has 0 amide bonds. The summed E-state index contributed by atoms with van der Waals surface area (Å²) in [6.07, 6.45) is 13.6. The lowest BCUT2D eigenvalue weighted by Crippen LogP contribution is -2.77. The molecular formula is C68H49N5Si2. The van der Waals surface area contributed by atoms with Crippen molar-refractivity contribution in [3.05, 3.63) is 302 Å². The van der Waals surface area contributed by atoms with Crippen LogP contribution in [0.3, 0.4) is 0 Å².